The molecule has 0 unspecified atom stereocenters. The second-order valence-corrected chi connectivity index (χ2v) is 7.42. The molecule has 34 heavy (non-hydrogen) atoms. The van der Waals surface area contributed by atoms with Crippen molar-refractivity contribution < 1.29 is 28.3 Å². The summed E-state index contributed by atoms with van der Waals surface area (Å²) in [7, 11) is 0. The fraction of sp³-hybridized carbons (Fsp3) is 0.0769. The maximum atomic E-state index is 13.8. The molecule has 0 saturated carbocycles. The van der Waals surface area contributed by atoms with Crippen LogP contribution in [0.5, 0.6) is 5.75 Å². The number of hydrogen-bond acceptors (Lipinski definition) is 5. The van der Waals surface area contributed by atoms with Crippen LogP contribution in [0.4, 0.5) is 14.9 Å². The fourth-order valence-electron chi connectivity index (χ4n) is 3.40. The average Bonchev–Trinajstić information content (AvgIpc) is 2.82. The third-order valence-corrected chi connectivity index (χ3v) is 5.18. The van der Waals surface area contributed by atoms with Crippen LogP contribution < -0.4 is 15.0 Å². The summed E-state index contributed by atoms with van der Waals surface area (Å²) >= 11 is 0. The van der Waals surface area contributed by atoms with Crippen molar-refractivity contribution in [2.24, 2.45) is 0 Å². The van der Waals surface area contributed by atoms with E-state index < -0.39 is 29.6 Å². The van der Waals surface area contributed by atoms with Crippen molar-refractivity contribution in [2.75, 3.05) is 4.90 Å². The van der Waals surface area contributed by atoms with E-state index in [1.54, 1.807) is 36.4 Å². The molecule has 3 aromatic carbocycles. The highest BCUT2D eigenvalue weighted by atomic mass is 19.1. The summed E-state index contributed by atoms with van der Waals surface area (Å²) in [5.74, 6) is -3.14. The summed E-state index contributed by atoms with van der Waals surface area (Å²) in [5.41, 5.74) is 1.23. The summed E-state index contributed by atoms with van der Waals surface area (Å²) in [6.45, 7) is 1.98. The Morgan fingerprint density at radius 2 is 1.74 bits per heavy atom. The van der Waals surface area contributed by atoms with Crippen LogP contribution >= 0.6 is 0 Å². The minimum atomic E-state index is -0.887. The molecule has 1 aliphatic rings. The molecule has 170 valence electrons. The lowest BCUT2D eigenvalue weighted by Crippen LogP contribution is -2.54. The number of hydrogen-bond donors (Lipinski definition) is 1. The van der Waals surface area contributed by atoms with E-state index in [1.165, 1.54) is 36.4 Å². The largest absolute Gasteiger partial charge is 0.423 e. The van der Waals surface area contributed by atoms with Gasteiger partial charge in [0, 0.05) is 0 Å². The fourth-order valence-corrected chi connectivity index (χ4v) is 3.40. The molecule has 0 radical (unpaired) electrons. The molecular weight excluding hydrogens is 439 g/mol. The predicted molar refractivity (Wildman–Crippen MR) is 123 cm³/mol. The number of benzene rings is 3. The minimum Gasteiger partial charge on any atom is -0.423 e. The zero-order valence-corrected chi connectivity index (χ0v) is 18.1. The molecule has 7 nitrogen and oxygen atoms in total. The van der Waals surface area contributed by atoms with Gasteiger partial charge in [-0.1, -0.05) is 43.3 Å². The lowest BCUT2D eigenvalue weighted by Gasteiger charge is -2.26. The highest BCUT2D eigenvalue weighted by Gasteiger charge is 2.36. The quantitative estimate of drug-likeness (QED) is 0.267. The van der Waals surface area contributed by atoms with E-state index in [9.17, 15) is 23.6 Å². The number of nitrogens with one attached hydrogen (secondary N) is 1. The molecule has 0 aromatic heterocycles. The number of imide groups is 2. The molecule has 1 heterocycles. The molecule has 0 spiro atoms. The smallest absolute Gasteiger partial charge is 0.346 e. The van der Waals surface area contributed by atoms with Crippen molar-refractivity contribution in [2.45, 2.75) is 13.3 Å². The summed E-state index contributed by atoms with van der Waals surface area (Å²) < 4.78 is 19.1. The van der Waals surface area contributed by atoms with Gasteiger partial charge in [-0.3, -0.25) is 14.9 Å². The second-order valence-electron chi connectivity index (χ2n) is 7.42. The third-order valence-electron chi connectivity index (χ3n) is 5.18. The van der Waals surface area contributed by atoms with E-state index in [0.29, 0.717) is 11.3 Å². The molecule has 8 heteroatoms. The first kappa shape index (κ1) is 22.6. The lowest BCUT2D eigenvalue weighted by atomic mass is 10.1. The van der Waals surface area contributed by atoms with Crippen LogP contribution in [0.1, 0.15) is 28.4 Å². The normalized spacial score (nSPS) is 14.8. The van der Waals surface area contributed by atoms with Crippen molar-refractivity contribution in [1.82, 2.24) is 5.32 Å². The maximum absolute atomic E-state index is 13.8. The van der Waals surface area contributed by atoms with E-state index in [2.05, 4.69) is 5.32 Å². The van der Waals surface area contributed by atoms with Crippen molar-refractivity contribution >= 4 is 35.6 Å². The number of ether oxygens (including phenoxy) is 1. The van der Waals surface area contributed by atoms with Crippen molar-refractivity contribution in [3.05, 3.63) is 101 Å². The van der Waals surface area contributed by atoms with E-state index in [4.69, 9.17) is 4.74 Å². The summed E-state index contributed by atoms with van der Waals surface area (Å²) in [5, 5.41) is 2.16. The molecule has 1 saturated heterocycles. The monoisotopic (exact) mass is 458 g/mol. The average molecular weight is 458 g/mol. The lowest BCUT2D eigenvalue weighted by molar-refractivity contribution is -0.122. The van der Waals surface area contributed by atoms with Gasteiger partial charge in [-0.2, -0.15) is 0 Å². The number of carbonyl (C=O) groups excluding carboxylic acids is 4. The van der Waals surface area contributed by atoms with Crippen molar-refractivity contribution in [3.63, 3.8) is 0 Å². The Bertz CT molecular complexity index is 1330. The summed E-state index contributed by atoms with van der Waals surface area (Å²) in [6.07, 6.45) is 2.08. The van der Waals surface area contributed by atoms with Crippen LogP contribution in [0.25, 0.3) is 6.08 Å². The number of amides is 4. The summed E-state index contributed by atoms with van der Waals surface area (Å²) in [4.78, 5) is 51.0. The first-order valence-electron chi connectivity index (χ1n) is 10.4. The van der Waals surface area contributed by atoms with Gasteiger partial charge in [0.2, 0.25) is 0 Å². The van der Waals surface area contributed by atoms with Crippen LogP contribution in [0, 0.1) is 5.82 Å². The zero-order valence-electron chi connectivity index (χ0n) is 18.1. The first-order valence-corrected chi connectivity index (χ1v) is 10.4. The third kappa shape index (κ3) is 4.61. The Morgan fingerprint density at radius 3 is 2.44 bits per heavy atom. The molecule has 1 aliphatic heterocycles. The number of esters is 1. The molecule has 3 aromatic rings. The van der Waals surface area contributed by atoms with Gasteiger partial charge in [0.15, 0.2) is 0 Å². The number of barbiturate groups is 1. The van der Waals surface area contributed by atoms with E-state index >= 15 is 0 Å². The van der Waals surface area contributed by atoms with Gasteiger partial charge in [-0.15, -0.1) is 0 Å². The molecule has 1 fully saturated rings. The molecular formula is C26H19FN2O5. The van der Waals surface area contributed by atoms with Crippen LogP contribution in [0.3, 0.4) is 0 Å². The molecule has 4 rings (SSSR count). The molecule has 0 bridgehead atoms. The van der Waals surface area contributed by atoms with E-state index in [0.717, 1.165) is 23.0 Å². The van der Waals surface area contributed by atoms with Crippen LogP contribution in [0.15, 0.2) is 78.4 Å². The Balaban J connectivity index is 1.60. The van der Waals surface area contributed by atoms with Gasteiger partial charge >= 0.3 is 12.0 Å². The van der Waals surface area contributed by atoms with Gasteiger partial charge < -0.3 is 4.74 Å². The highest BCUT2D eigenvalue weighted by molar-refractivity contribution is 6.39. The van der Waals surface area contributed by atoms with Crippen molar-refractivity contribution in [1.29, 1.82) is 0 Å². The number of anilines is 1. The number of rotatable bonds is 5. The van der Waals surface area contributed by atoms with E-state index in [-0.39, 0.29) is 16.9 Å². The summed E-state index contributed by atoms with van der Waals surface area (Å²) in [6, 6.07) is 17.5. The zero-order chi connectivity index (χ0) is 24.2. The number of nitrogens with zero attached hydrogens (tertiary/aromatic N) is 1. The van der Waals surface area contributed by atoms with Crippen LogP contribution in [-0.4, -0.2) is 23.8 Å². The number of aryl methyl sites for hydroxylation is 1. The molecule has 1 N–H and O–H groups in total. The van der Waals surface area contributed by atoms with Crippen LogP contribution in [-0.2, 0) is 16.0 Å². The number of carbonyl (C=O) groups is 4. The Morgan fingerprint density at radius 1 is 1.00 bits per heavy atom. The Kier molecular flexibility index (Phi) is 6.31. The predicted octanol–water partition coefficient (Wildman–Crippen LogP) is 4.27. The van der Waals surface area contributed by atoms with Crippen molar-refractivity contribution in [3.8, 4) is 5.75 Å². The number of halogens is 1. The molecule has 0 atom stereocenters. The van der Waals surface area contributed by atoms with Gasteiger partial charge in [0.1, 0.15) is 17.1 Å². The first-order chi connectivity index (χ1) is 16.4. The standard InChI is InChI=1S/C26H19FN2O5/c1-2-16-10-12-18(13-11-16)29-24(31)21(23(30)28-26(29)33)15-17-6-5-7-19(14-17)34-25(32)20-8-3-4-9-22(20)27/h3-15H,2H2,1H3,(H,28,30,33). The van der Waals surface area contributed by atoms with Gasteiger partial charge in [0.05, 0.1) is 11.3 Å². The Labute approximate surface area is 194 Å². The highest BCUT2D eigenvalue weighted by Crippen LogP contribution is 2.24. The van der Waals surface area contributed by atoms with Gasteiger partial charge in [0.25, 0.3) is 11.8 Å². The van der Waals surface area contributed by atoms with Gasteiger partial charge in [-0.05, 0) is 60.0 Å². The topological polar surface area (TPSA) is 92.8 Å². The van der Waals surface area contributed by atoms with Gasteiger partial charge in [-0.25, -0.2) is 18.9 Å². The van der Waals surface area contributed by atoms with Crippen LogP contribution in [0.2, 0.25) is 0 Å². The second kappa shape index (κ2) is 9.50. The molecule has 0 aliphatic carbocycles. The minimum absolute atomic E-state index is 0.0920. The SMILES string of the molecule is CCc1ccc(N2C(=O)NC(=O)C(=Cc3cccc(OC(=O)c4ccccc4F)c3)C2=O)cc1. The van der Waals surface area contributed by atoms with E-state index in [1.807, 2.05) is 6.92 Å². The maximum Gasteiger partial charge on any atom is 0.346 e. The number of urea groups is 1. The molecule has 4 amide bonds. The Hall–Kier alpha value is -4.59.